The van der Waals surface area contributed by atoms with E-state index in [-0.39, 0.29) is 5.91 Å². The van der Waals surface area contributed by atoms with Gasteiger partial charge in [-0.05, 0) is 48.6 Å². The van der Waals surface area contributed by atoms with E-state index < -0.39 is 12.1 Å². The molecule has 3 heterocycles. The molecule has 0 radical (unpaired) electrons. The Bertz CT molecular complexity index is 863. The van der Waals surface area contributed by atoms with Crippen LogP contribution in [0, 0.1) is 0 Å². The summed E-state index contributed by atoms with van der Waals surface area (Å²) in [6, 6.07) is 10.0. The van der Waals surface area contributed by atoms with Gasteiger partial charge in [0.1, 0.15) is 6.04 Å². The highest BCUT2D eigenvalue weighted by Gasteiger charge is 2.33. The molecule has 4 rings (SSSR count). The minimum absolute atomic E-state index is 0.0610. The first-order chi connectivity index (χ1) is 15.1. The zero-order chi connectivity index (χ0) is 21.6. The molecule has 2 saturated heterocycles. The minimum atomic E-state index is -0.702. The van der Waals surface area contributed by atoms with Crippen molar-refractivity contribution in [1.29, 1.82) is 0 Å². The van der Waals surface area contributed by atoms with Gasteiger partial charge in [0.2, 0.25) is 0 Å². The van der Waals surface area contributed by atoms with Crippen molar-refractivity contribution >= 4 is 40.6 Å². The van der Waals surface area contributed by atoms with Crippen molar-refractivity contribution in [2.45, 2.75) is 24.9 Å². The SMILES string of the molecule is O=C(Nc1ccc(Cl)cc1)NC(C(=O)N1CCC(N2CCOCC2)CC1)c1cccs1. The maximum atomic E-state index is 13.4. The largest absolute Gasteiger partial charge is 0.379 e. The van der Waals surface area contributed by atoms with Gasteiger partial charge in [-0.3, -0.25) is 9.69 Å². The first kappa shape index (κ1) is 22.1. The summed E-state index contributed by atoms with van der Waals surface area (Å²) in [7, 11) is 0. The number of thiophene rings is 1. The molecule has 2 aromatic rings. The lowest BCUT2D eigenvalue weighted by Crippen LogP contribution is -2.52. The Morgan fingerprint density at radius 2 is 1.77 bits per heavy atom. The summed E-state index contributed by atoms with van der Waals surface area (Å²) >= 11 is 7.37. The van der Waals surface area contributed by atoms with E-state index in [2.05, 4.69) is 15.5 Å². The summed E-state index contributed by atoms with van der Waals surface area (Å²) in [5, 5.41) is 8.15. The Labute approximate surface area is 191 Å². The summed E-state index contributed by atoms with van der Waals surface area (Å²) in [5.74, 6) is -0.0610. The smallest absolute Gasteiger partial charge is 0.320 e. The van der Waals surface area contributed by atoms with Gasteiger partial charge < -0.3 is 20.3 Å². The van der Waals surface area contributed by atoms with Gasteiger partial charge in [-0.1, -0.05) is 17.7 Å². The number of morpholine rings is 1. The number of ether oxygens (including phenoxy) is 1. The maximum Gasteiger partial charge on any atom is 0.320 e. The number of benzene rings is 1. The molecule has 2 aliphatic heterocycles. The number of halogens is 1. The Morgan fingerprint density at radius 1 is 1.06 bits per heavy atom. The molecule has 1 aromatic heterocycles. The number of anilines is 1. The zero-order valence-electron chi connectivity index (χ0n) is 17.3. The Balaban J connectivity index is 1.37. The van der Waals surface area contributed by atoms with E-state index in [1.165, 1.54) is 11.3 Å². The van der Waals surface area contributed by atoms with Crippen molar-refractivity contribution in [3.8, 4) is 0 Å². The lowest BCUT2D eigenvalue weighted by molar-refractivity contribution is -0.135. The van der Waals surface area contributed by atoms with Crippen molar-refractivity contribution in [2.75, 3.05) is 44.7 Å². The molecule has 0 spiro atoms. The number of urea groups is 1. The Hall–Kier alpha value is -2.13. The van der Waals surface area contributed by atoms with Crippen LogP contribution in [0.5, 0.6) is 0 Å². The quantitative estimate of drug-likeness (QED) is 0.712. The van der Waals surface area contributed by atoms with Gasteiger partial charge >= 0.3 is 6.03 Å². The number of hydrogen-bond acceptors (Lipinski definition) is 5. The third kappa shape index (κ3) is 5.77. The average molecular weight is 463 g/mol. The van der Waals surface area contributed by atoms with Crippen LogP contribution < -0.4 is 10.6 Å². The van der Waals surface area contributed by atoms with Crippen LogP contribution in [0.3, 0.4) is 0 Å². The van der Waals surface area contributed by atoms with Crippen LogP contribution in [0.1, 0.15) is 23.8 Å². The number of nitrogens with one attached hydrogen (secondary N) is 2. The van der Waals surface area contributed by atoms with Crippen LogP contribution in [0.2, 0.25) is 5.02 Å². The first-order valence-corrected chi connectivity index (χ1v) is 11.8. The van der Waals surface area contributed by atoms with Gasteiger partial charge in [0.05, 0.1) is 13.2 Å². The molecule has 0 saturated carbocycles. The number of likely N-dealkylation sites (tertiary alicyclic amines) is 1. The topological polar surface area (TPSA) is 73.9 Å². The second kappa shape index (κ2) is 10.5. The number of carbonyl (C=O) groups excluding carboxylic acids is 2. The van der Waals surface area contributed by atoms with Crippen LogP contribution in [0.15, 0.2) is 41.8 Å². The van der Waals surface area contributed by atoms with Crippen molar-refractivity contribution in [2.24, 2.45) is 0 Å². The Morgan fingerprint density at radius 3 is 2.42 bits per heavy atom. The number of carbonyl (C=O) groups is 2. The zero-order valence-corrected chi connectivity index (χ0v) is 18.8. The predicted molar refractivity (Wildman–Crippen MR) is 123 cm³/mol. The number of rotatable bonds is 5. The third-order valence-corrected chi connectivity index (χ3v) is 6.98. The summed E-state index contributed by atoms with van der Waals surface area (Å²) in [6.45, 7) is 4.89. The van der Waals surface area contributed by atoms with E-state index in [0.29, 0.717) is 29.8 Å². The maximum absolute atomic E-state index is 13.4. The molecule has 1 unspecified atom stereocenters. The van der Waals surface area contributed by atoms with Gasteiger partial charge in [-0.25, -0.2) is 4.79 Å². The molecule has 2 fully saturated rings. The molecule has 3 amide bonds. The van der Waals surface area contributed by atoms with Crippen molar-refractivity contribution in [3.63, 3.8) is 0 Å². The average Bonchev–Trinajstić information content (AvgIpc) is 3.34. The second-order valence-corrected chi connectivity index (χ2v) is 9.17. The summed E-state index contributed by atoms with van der Waals surface area (Å²) in [6.07, 6.45) is 1.89. The van der Waals surface area contributed by atoms with Gasteiger partial charge in [0.25, 0.3) is 5.91 Å². The monoisotopic (exact) mass is 462 g/mol. The normalized spacial score (nSPS) is 19.1. The van der Waals surface area contributed by atoms with E-state index in [4.69, 9.17) is 16.3 Å². The molecule has 9 heteroatoms. The molecule has 0 bridgehead atoms. The lowest BCUT2D eigenvalue weighted by atomic mass is 10.0. The van der Waals surface area contributed by atoms with Crippen molar-refractivity contribution < 1.29 is 14.3 Å². The van der Waals surface area contributed by atoms with E-state index >= 15 is 0 Å². The molecule has 31 heavy (non-hydrogen) atoms. The molecule has 7 nitrogen and oxygen atoms in total. The van der Waals surface area contributed by atoms with Crippen molar-refractivity contribution in [3.05, 3.63) is 51.7 Å². The standard InChI is InChI=1S/C22H27ClN4O3S/c23-16-3-5-17(6-4-16)24-22(29)25-20(19-2-1-15-31-19)21(28)27-9-7-18(8-10-27)26-11-13-30-14-12-26/h1-6,15,18,20H,7-14H2,(H2,24,25,29). The van der Waals surface area contributed by atoms with Crippen molar-refractivity contribution in [1.82, 2.24) is 15.1 Å². The fourth-order valence-electron chi connectivity index (χ4n) is 4.12. The molecule has 166 valence electrons. The molecule has 2 N–H and O–H groups in total. The molecule has 2 aliphatic rings. The van der Waals surface area contributed by atoms with Crippen LogP contribution in [0.4, 0.5) is 10.5 Å². The van der Waals surface area contributed by atoms with Gasteiger partial charge in [-0.2, -0.15) is 0 Å². The van der Waals surface area contributed by atoms with Crippen LogP contribution >= 0.6 is 22.9 Å². The van der Waals surface area contributed by atoms with Crippen LogP contribution in [-0.2, 0) is 9.53 Å². The van der Waals surface area contributed by atoms with Crippen LogP contribution in [0.25, 0.3) is 0 Å². The molecule has 0 aliphatic carbocycles. The Kier molecular flexibility index (Phi) is 7.45. The van der Waals surface area contributed by atoms with Crippen LogP contribution in [-0.4, -0.2) is 67.2 Å². The minimum Gasteiger partial charge on any atom is -0.379 e. The predicted octanol–water partition coefficient (Wildman–Crippen LogP) is 3.59. The second-order valence-electron chi connectivity index (χ2n) is 7.76. The van der Waals surface area contributed by atoms with E-state index in [1.807, 2.05) is 22.4 Å². The van der Waals surface area contributed by atoms with E-state index in [1.54, 1.807) is 24.3 Å². The molecule has 1 atom stereocenters. The summed E-state index contributed by atoms with van der Waals surface area (Å²) in [5.41, 5.74) is 0.616. The fraction of sp³-hybridized carbons (Fsp3) is 0.455. The number of nitrogens with zero attached hydrogens (tertiary/aromatic N) is 2. The first-order valence-electron chi connectivity index (χ1n) is 10.6. The number of amides is 3. The van der Waals surface area contributed by atoms with Gasteiger partial charge in [0, 0.05) is 47.8 Å². The van der Waals surface area contributed by atoms with E-state index in [0.717, 1.165) is 44.0 Å². The molecule has 1 aromatic carbocycles. The fourth-order valence-corrected chi connectivity index (χ4v) is 5.01. The highest BCUT2D eigenvalue weighted by molar-refractivity contribution is 7.10. The molecular formula is C22H27ClN4O3S. The van der Waals surface area contributed by atoms with Gasteiger partial charge in [-0.15, -0.1) is 11.3 Å². The van der Waals surface area contributed by atoms with Gasteiger partial charge in [0.15, 0.2) is 0 Å². The highest BCUT2D eigenvalue weighted by Crippen LogP contribution is 2.25. The number of hydrogen-bond donors (Lipinski definition) is 2. The number of piperidine rings is 1. The molecular weight excluding hydrogens is 436 g/mol. The summed E-state index contributed by atoms with van der Waals surface area (Å²) < 4.78 is 5.45. The van der Waals surface area contributed by atoms with E-state index in [9.17, 15) is 9.59 Å². The third-order valence-electron chi connectivity index (χ3n) is 5.79. The lowest BCUT2D eigenvalue weighted by Gasteiger charge is -2.40. The highest BCUT2D eigenvalue weighted by atomic mass is 35.5. The summed E-state index contributed by atoms with van der Waals surface area (Å²) in [4.78, 5) is 31.1.